The summed E-state index contributed by atoms with van der Waals surface area (Å²) in [5.41, 5.74) is 4.33. The van der Waals surface area contributed by atoms with Gasteiger partial charge in [0.05, 0.1) is 0 Å². The predicted molar refractivity (Wildman–Crippen MR) is 91.8 cm³/mol. The smallest absolute Gasteiger partial charge is 0.0198 e. The highest BCUT2D eigenvalue weighted by Crippen LogP contribution is 2.30. The van der Waals surface area contributed by atoms with Gasteiger partial charge in [-0.1, -0.05) is 43.5 Å². The summed E-state index contributed by atoms with van der Waals surface area (Å²) >= 11 is 2.20. The molecule has 1 aromatic carbocycles. The fraction of sp³-hybridized carbons (Fsp3) is 0.667. The Labute approximate surface area is 128 Å². The first-order chi connectivity index (χ1) is 9.69. The molecule has 0 amide bonds. The van der Waals surface area contributed by atoms with Crippen molar-refractivity contribution in [3.63, 3.8) is 0 Å². The monoisotopic (exact) mass is 291 g/mol. The third-order valence-corrected chi connectivity index (χ3v) is 5.84. The van der Waals surface area contributed by atoms with Crippen molar-refractivity contribution < 1.29 is 0 Å². The third kappa shape index (κ3) is 4.82. The molecule has 0 aliphatic heterocycles. The average Bonchev–Trinajstić information content (AvgIpc) is 2.93. The van der Waals surface area contributed by atoms with Crippen molar-refractivity contribution in [2.75, 3.05) is 12.3 Å². The molecule has 0 heterocycles. The molecule has 0 radical (unpaired) electrons. The van der Waals surface area contributed by atoms with E-state index in [0.29, 0.717) is 6.04 Å². The summed E-state index contributed by atoms with van der Waals surface area (Å²) in [5, 5.41) is 4.61. The Morgan fingerprint density at radius 2 is 2.00 bits per heavy atom. The molecule has 1 saturated carbocycles. The Balaban J connectivity index is 1.91. The minimum atomic E-state index is 0.617. The van der Waals surface area contributed by atoms with Crippen molar-refractivity contribution in [1.82, 2.24) is 5.32 Å². The van der Waals surface area contributed by atoms with Gasteiger partial charge >= 0.3 is 0 Å². The van der Waals surface area contributed by atoms with E-state index in [1.54, 1.807) is 0 Å². The van der Waals surface area contributed by atoms with Gasteiger partial charge in [0.15, 0.2) is 0 Å². The molecular formula is C18H29NS. The van der Waals surface area contributed by atoms with Gasteiger partial charge in [0.25, 0.3) is 0 Å². The topological polar surface area (TPSA) is 12.0 Å². The Morgan fingerprint density at radius 1 is 1.25 bits per heavy atom. The molecule has 1 aromatic rings. The number of likely N-dealkylation sites (N-methyl/N-ethyl adjacent to an activating group) is 1. The zero-order valence-electron chi connectivity index (χ0n) is 13.2. The molecule has 0 saturated heterocycles. The second kappa shape index (κ2) is 8.09. The number of aryl methyl sites for hydroxylation is 2. The lowest BCUT2D eigenvalue weighted by Gasteiger charge is -2.21. The van der Waals surface area contributed by atoms with Crippen LogP contribution in [0.1, 0.15) is 49.3 Å². The summed E-state index contributed by atoms with van der Waals surface area (Å²) in [6, 6.07) is 7.46. The fourth-order valence-corrected chi connectivity index (χ4v) is 4.48. The molecule has 1 atom stereocenters. The van der Waals surface area contributed by atoms with Crippen LogP contribution in [0.25, 0.3) is 0 Å². The molecule has 2 rings (SSSR count). The largest absolute Gasteiger partial charge is 0.313 e. The molecule has 0 aromatic heterocycles. The van der Waals surface area contributed by atoms with Crippen LogP contribution >= 0.6 is 11.8 Å². The quantitative estimate of drug-likeness (QED) is 0.794. The van der Waals surface area contributed by atoms with Gasteiger partial charge in [0.2, 0.25) is 0 Å². The number of thioether (sulfide) groups is 1. The van der Waals surface area contributed by atoms with Crippen molar-refractivity contribution in [3.8, 4) is 0 Å². The van der Waals surface area contributed by atoms with Gasteiger partial charge in [-0.05, 0) is 50.8 Å². The highest BCUT2D eigenvalue weighted by Gasteiger charge is 2.18. The van der Waals surface area contributed by atoms with Crippen LogP contribution in [0.4, 0.5) is 0 Å². The SMILES string of the molecule is CCNC(CSC1CCCC1)Cc1cc(C)ccc1C. The van der Waals surface area contributed by atoms with E-state index in [9.17, 15) is 0 Å². The normalized spacial score (nSPS) is 17.6. The molecule has 20 heavy (non-hydrogen) atoms. The van der Waals surface area contributed by atoms with E-state index in [-0.39, 0.29) is 0 Å². The van der Waals surface area contributed by atoms with E-state index < -0.39 is 0 Å². The number of hydrogen-bond donors (Lipinski definition) is 1. The number of rotatable bonds is 7. The lowest BCUT2D eigenvalue weighted by molar-refractivity contribution is 0.570. The van der Waals surface area contributed by atoms with Crippen LogP contribution in [0.5, 0.6) is 0 Å². The van der Waals surface area contributed by atoms with Crippen molar-refractivity contribution in [3.05, 3.63) is 34.9 Å². The highest BCUT2D eigenvalue weighted by molar-refractivity contribution is 7.99. The van der Waals surface area contributed by atoms with E-state index >= 15 is 0 Å². The van der Waals surface area contributed by atoms with Crippen molar-refractivity contribution in [2.24, 2.45) is 0 Å². The molecule has 1 N–H and O–H groups in total. The lowest BCUT2D eigenvalue weighted by Crippen LogP contribution is -2.34. The predicted octanol–water partition coefficient (Wildman–Crippen LogP) is 4.50. The summed E-state index contributed by atoms with van der Waals surface area (Å²) in [5.74, 6) is 1.26. The summed E-state index contributed by atoms with van der Waals surface area (Å²) in [4.78, 5) is 0. The van der Waals surface area contributed by atoms with Crippen molar-refractivity contribution in [1.29, 1.82) is 0 Å². The zero-order valence-corrected chi connectivity index (χ0v) is 14.1. The van der Waals surface area contributed by atoms with E-state index in [0.717, 1.165) is 11.8 Å². The highest BCUT2D eigenvalue weighted by atomic mass is 32.2. The molecular weight excluding hydrogens is 262 g/mol. The van der Waals surface area contributed by atoms with Crippen LogP contribution in [-0.2, 0) is 6.42 Å². The van der Waals surface area contributed by atoms with Crippen LogP contribution in [0.15, 0.2) is 18.2 Å². The minimum Gasteiger partial charge on any atom is -0.313 e. The Bertz CT molecular complexity index is 410. The molecule has 1 fully saturated rings. The summed E-state index contributed by atoms with van der Waals surface area (Å²) in [6.45, 7) is 7.72. The molecule has 1 nitrogen and oxygen atoms in total. The van der Waals surface area contributed by atoms with E-state index in [1.807, 2.05) is 0 Å². The summed E-state index contributed by atoms with van der Waals surface area (Å²) in [7, 11) is 0. The first kappa shape index (κ1) is 15.9. The first-order valence-electron chi connectivity index (χ1n) is 8.10. The lowest BCUT2D eigenvalue weighted by atomic mass is 9.99. The van der Waals surface area contributed by atoms with Gasteiger partial charge in [-0.3, -0.25) is 0 Å². The Morgan fingerprint density at radius 3 is 2.70 bits per heavy atom. The maximum atomic E-state index is 3.68. The standard InChI is InChI=1S/C18H29NS/c1-4-19-17(13-20-18-7-5-6-8-18)12-16-11-14(2)9-10-15(16)3/h9-11,17-19H,4-8,12-13H2,1-3H3. The van der Waals surface area contributed by atoms with Crippen LogP contribution in [0.3, 0.4) is 0 Å². The molecule has 1 unspecified atom stereocenters. The first-order valence-corrected chi connectivity index (χ1v) is 9.15. The molecule has 1 aliphatic rings. The van der Waals surface area contributed by atoms with Gasteiger partial charge in [0, 0.05) is 17.0 Å². The maximum absolute atomic E-state index is 3.68. The van der Waals surface area contributed by atoms with Crippen LogP contribution in [0.2, 0.25) is 0 Å². The van der Waals surface area contributed by atoms with Crippen molar-refractivity contribution >= 4 is 11.8 Å². The Kier molecular flexibility index (Phi) is 6.44. The van der Waals surface area contributed by atoms with Gasteiger partial charge in [-0.15, -0.1) is 0 Å². The van der Waals surface area contributed by atoms with Crippen LogP contribution in [-0.4, -0.2) is 23.6 Å². The second-order valence-electron chi connectivity index (χ2n) is 6.13. The number of nitrogens with one attached hydrogen (secondary N) is 1. The molecule has 2 heteroatoms. The number of benzene rings is 1. The van der Waals surface area contributed by atoms with E-state index in [2.05, 4.69) is 56.0 Å². The average molecular weight is 292 g/mol. The fourth-order valence-electron chi connectivity index (χ4n) is 3.07. The molecule has 0 spiro atoms. The van der Waals surface area contributed by atoms with Crippen LogP contribution in [0, 0.1) is 13.8 Å². The zero-order chi connectivity index (χ0) is 14.4. The molecule has 0 bridgehead atoms. The van der Waals surface area contributed by atoms with Gasteiger partial charge in [0.1, 0.15) is 0 Å². The van der Waals surface area contributed by atoms with Gasteiger partial charge in [-0.25, -0.2) is 0 Å². The van der Waals surface area contributed by atoms with E-state index in [1.165, 1.54) is 54.5 Å². The van der Waals surface area contributed by atoms with Crippen molar-refractivity contribution in [2.45, 2.75) is 64.2 Å². The van der Waals surface area contributed by atoms with Gasteiger partial charge in [-0.2, -0.15) is 11.8 Å². The summed E-state index contributed by atoms with van der Waals surface area (Å²) < 4.78 is 0. The van der Waals surface area contributed by atoms with Crippen LogP contribution < -0.4 is 5.32 Å². The summed E-state index contributed by atoms with van der Waals surface area (Å²) in [6.07, 6.45) is 6.93. The number of hydrogen-bond acceptors (Lipinski definition) is 2. The minimum absolute atomic E-state index is 0.617. The third-order valence-electron chi connectivity index (χ3n) is 4.30. The van der Waals surface area contributed by atoms with Gasteiger partial charge < -0.3 is 5.32 Å². The molecule has 1 aliphatic carbocycles. The van der Waals surface area contributed by atoms with E-state index in [4.69, 9.17) is 0 Å². The Hall–Kier alpha value is -0.470. The second-order valence-corrected chi connectivity index (χ2v) is 7.46. The molecule has 112 valence electrons. The maximum Gasteiger partial charge on any atom is 0.0198 e.